The Hall–Kier alpha value is -0.830. The maximum Gasteiger partial charge on any atom is 0.221 e. The van der Waals surface area contributed by atoms with E-state index in [1.807, 2.05) is 13.8 Å². The first-order valence-electron chi connectivity index (χ1n) is 5.28. The van der Waals surface area contributed by atoms with Crippen LogP contribution < -0.4 is 4.74 Å². The fourth-order valence-electron chi connectivity index (χ4n) is 1.23. The molecule has 0 spiro atoms. The SMILES string of the molecule is CCCCCOc1nc(C)nc(Cl)c1C. The Kier molecular flexibility index (Phi) is 4.82. The van der Waals surface area contributed by atoms with Crippen LogP contribution in [0.4, 0.5) is 0 Å². The highest BCUT2D eigenvalue weighted by Crippen LogP contribution is 2.21. The lowest BCUT2D eigenvalue weighted by molar-refractivity contribution is 0.291. The zero-order valence-corrected chi connectivity index (χ0v) is 10.3. The summed E-state index contributed by atoms with van der Waals surface area (Å²) in [5, 5.41) is 0.480. The monoisotopic (exact) mass is 228 g/mol. The molecule has 0 aliphatic rings. The number of rotatable bonds is 5. The summed E-state index contributed by atoms with van der Waals surface area (Å²) >= 11 is 5.93. The van der Waals surface area contributed by atoms with Crippen LogP contribution >= 0.6 is 11.6 Å². The standard InChI is InChI=1S/C11H17ClN2O/c1-4-5-6-7-15-11-8(2)10(12)13-9(3)14-11/h4-7H2,1-3H3. The first-order valence-corrected chi connectivity index (χ1v) is 5.66. The lowest BCUT2D eigenvalue weighted by atomic mass is 10.3. The summed E-state index contributed by atoms with van der Waals surface area (Å²) in [7, 11) is 0. The number of aryl methyl sites for hydroxylation is 1. The van der Waals surface area contributed by atoms with Gasteiger partial charge in [-0.25, -0.2) is 4.98 Å². The van der Waals surface area contributed by atoms with E-state index < -0.39 is 0 Å². The van der Waals surface area contributed by atoms with Crippen molar-refractivity contribution in [1.29, 1.82) is 0 Å². The maximum absolute atomic E-state index is 5.93. The van der Waals surface area contributed by atoms with Crippen molar-refractivity contribution in [3.8, 4) is 5.88 Å². The molecule has 4 heteroatoms. The summed E-state index contributed by atoms with van der Waals surface area (Å²) < 4.78 is 5.56. The maximum atomic E-state index is 5.93. The molecule has 84 valence electrons. The van der Waals surface area contributed by atoms with Gasteiger partial charge in [0.1, 0.15) is 11.0 Å². The molecule has 1 aromatic rings. The largest absolute Gasteiger partial charge is 0.477 e. The minimum Gasteiger partial charge on any atom is -0.477 e. The van der Waals surface area contributed by atoms with Crippen LogP contribution in [0, 0.1) is 13.8 Å². The molecule has 0 radical (unpaired) electrons. The van der Waals surface area contributed by atoms with Crippen LogP contribution in [0.2, 0.25) is 5.15 Å². The average molecular weight is 229 g/mol. The highest BCUT2D eigenvalue weighted by atomic mass is 35.5. The third-order valence-corrected chi connectivity index (χ3v) is 2.51. The van der Waals surface area contributed by atoms with Crippen LogP contribution in [0.25, 0.3) is 0 Å². The number of ether oxygens (including phenoxy) is 1. The van der Waals surface area contributed by atoms with Crippen LogP contribution in [-0.2, 0) is 0 Å². The molecule has 0 N–H and O–H groups in total. The second-order valence-corrected chi connectivity index (χ2v) is 3.91. The van der Waals surface area contributed by atoms with E-state index in [-0.39, 0.29) is 0 Å². The normalized spacial score (nSPS) is 10.4. The van der Waals surface area contributed by atoms with Crippen LogP contribution in [0.5, 0.6) is 5.88 Å². The summed E-state index contributed by atoms with van der Waals surface area (Å²) in [4.78, 5) is 8.27. The summed E-state index contributed by atoms with van der Waals surface area (Å²) in [6.45, 7) is 6.54. The van der Waals surface area contributed by atoms with Gasteiger partial charge in [0.15, 0.2) is 0 Å². The highest BCUT2D eigenvalue weighted by molar-refractivity contribution is 6.30. The number of halogens is 1. The summed E-state index contributed by atoms with van der Waals surface area (Å²) in [6, 6.07) is 0. The lowest BCUT2D eigenvalue weighted by Crippen LogP contribution is -2.03. The van der Waals surface area contributed by atoms with Gasteiger partial charge in [0.05, 0.1) is 6.61 Å². The second-order valence-electron chi connectivity index (χ2n) is 3.55. The molecule has 1 aromatic heterocycles. The molecule has 0 amide bonds. The van der Waals surface area contributed by atoms with Gasteiger partial charge in [0.25, 0.3) is 0 Å². The van der Waals surface area contributed by atoms with E-state index in [2.05, 4.69) is 16.9 Å². The van der Waals surface area contributed by atoms with Crippen LogP contribution in [0.3, 0.4) is 0 Å². The number of nitrogens with zero attached hydrogens (tertiary/aromatic N) is 2. The van der Waals surface area contributed by atoms with E-state index in [9.17, 15) is 0 Å². The quantitative estimate of drug-likeness (QED) is 0.573. The Morgan fingerprint density at radius 2 is 1.93 bits per heavy atom. The average Bonchev–Trinajstić information content (AvgIpc) is 2.19. The van der Waals surface area contributed by atoms with Gasteiger partial charge in [-0.15, -0.1) is 0 Å². The molecule has 1 rings (SSSR count). The van der Waals surface area contributed by atoms with Gasteiger partial charge in [-0.3, -0.25) is 0 Å². The van der Waals surface area contributed by atoms with Crippen molar-refractivity contribution in [3.63, 3.8) is 0 Å². The number of unbranched alkanes of at least 4 members (excludes halogenated alkanes) is 2. The Morgan fingerprint density at radius 1 is 1.20 bits per heavy atom. The van der Waals surface area contributed by atoms with Gasteiger partial charge in [0, 0.05) is 5.56 Å². The predicted octanol–water partition coefficient (Wildman–Crippen LogP) is 3.32. The molecule has 15 heavy (non-hydrogen) atoms. The topological polar surface area (TPSA) is 35.0 Å². The molecule has 1 heterocycles. The van der Waals surface area contributed by atoms with Gasteiger partial charge in [-0.1, -0.05) is 31.4 Å². The molecule has 0 aliphatic carbocycles. The van der Waals surface area contributed by atoms with Crippen molar-refractivity contribution in [1.82, 2.24) is 9.97 Å². The summed E-state index contributed by atoms with van der Waals surface area (Å²) in [5.74, 6) is 1.26. The van der Waals surface area contributed by atoms with Crippen molar-refractivity contribution in [3.05, 3.63) is 16.5 Å². The Labute approximate surface area is 95.8 Å². The minimum absolute atomic E-state index is 0.480. The van der Waals surface area contributed by atoms with Gasteiger partial charge < -0.3 is 4.74 Å². The molecule has 0 bridgehead atoms. The second kappa shape index (κ2) is 5.91. The number of hydrogen-bond acceptors (Lipinski definition) is 3. The van der Waals surface area contributed by atoms with E-state index in [0.717, 1.165) is 12.0 Å². The van der Waals surface area contributed by atoms with Crippen LogP contribution in [-0.4, -0.2) is 16.6 Å². The van der Waals surface area contributed by atoms with Gasteiger partial charge in [-0.2, -0.15) is 4.98 Å². The third-order valence-electron chi connectivity index (χ3n) is 2.14. The smallest absolute Gasteiger partial charge is 0.221 e. The molecule has 0 fully saturated rings. The van der Waals surface area contributed by atoms with Gasteiger partial charge >= 0.3 is 0 Å². The fourth-order valence-corrected chi connectivity index (χ4v) is 1.43. The van der Waals surface area contributed by atoms with E-state index in [0.29, 0.717) is 23.5 Å². The molecule has 0 unspecified atom stereocenters. The Bertz CT molecular complexity index is 329. The summed E-state index contributed by atoms with van der Waals surface area (Å²) in [5.41, 5.74) is 0.818. The van der Waals surface area contributed by atoms with Crippen molar-refractivity contribution < 1.29 is 4.74 Å². The number of aromatic nitrogens is 2. The van der Waals surface area contributed by atoms with Crippen LogP contribution in [0.1, 0.15) is 37.6 Å². The minimum atomic E-state index is 0.480. The molecule has 0 aliphatic heterocycles. The fraction of sp³-hybridized carbons (Fsp3) is 0.636. The molecule has 0 atom stereocenters. The van der Waals surface area contributed by atoms with Crippen molar-refractivity contribution in [2.24, 2.45) is 0 Å². The Balaban J connectivity index is 2.60. The molecule has 0 saturated carbocycles. The van der Waals surface area contributed by atoms with E-state index in [1.165, 1.54) is 12.8 Å². The first-order chi connectivity index (χ1) is 7.15. The van der Waals surface area contributed by atoms with E-state index in [1.54, 1.807) is 0 Å². The van der Waals surface area contributed by atoms with Crippen molar-refractivity contribution >= 4 is 11.6 Å². The Morgan fingerprint density at radius 3 is 2.60 bits per heavy atom. The molecular weight excluding hydrogens is 212 g/mol. The van der Waals surface area contributed by atoms with Gasteiger partial charge in [-0.05, 0) is 20.3 Å². The molecule has 0 saturated heterocycles. The van der Waals surface area contributed by atoms with Crippen LogP contribution in [0.15, 0.2) is 0 Å². The van der Waals surface area contributed by atoms with E-state index >= 15 is 0 Å². The number of hydrogen-bond donors (Lipinski definition) is 0. The van der Waals surface area contributed by atoms with Gasteiger partial charge in [0.2, 0.25) is 5.88 Å². The third kappa shape index (κ3) is 3.67. The van der Waals surface area contributed by atoms with Crippen molar-refractivity contribution in [2.75, 3.05) is 6.61 Å². The predicted molar refractivity (Wildman–Crippen MR) is 61.5 cm³/mol. The first kappa shape index (κ1) is 12.2. The molecular formula is C11H17ClN2O. The molecule has 3 nitrogen and oxygen atoms in total. The van der Waals surface area contributed by atoms with E-state index in [4.69, 9.17) is 16.3 Å². The molecule has 0 aromatic carbocycles. The zero-order valence-electron chi connectivity index (χ0n) is 9.51. The summed E-state index contributed by atoms with van der Waals surface area (Å²) in [6.07, 6.45) is 3.42. The highest BCUT2D eigenvalue weighted by Gasteiger charge is 2.07. The lowest BCUT2D eigenvalue weighted by Gasteiger charge is -2.08. The van der Waals surface area contributed by atoms with Crippen molar-refractivity contribution in [2.45, 2.75) is 40.0 Å². The zero-order chi connectivity index (χ0) is 11.3.